The fraction of sp³-hybridized carbons (Fsp3) is 0.286. The predicted molar refractivity (Wildman–Crippen MR) is 123 cm³/mol. The zero-order chi connectivity index (χ0) is 19.7. The summed E-state index contributed by atoms with van der Waals surface area (Å²) >= 11 is 1.57. The summed E-state index contributed by atoms with van der Waals surface area (Å²) in [6, 6.07) is 15.3. The van der Waals surface area contributed by atoms with Gasteiger partial charge in [0.25, 0.3) is 0 Å². The van der Waals surface area contributed by atoms with Crippen LogP contribution in [-0.2, 0) is 17.1 Å². The maximum atomic E-state index is 12.7. The fourth-order valence-electron chi connectivity index (χ4n) is 3.34. The summed E-state index contributed by atoms with van der Waals surface area (Å²) in [5.74, 6) is 0. The van der Waals surface area contributed by atoms with Crippen molar-refractivity contribution < 1.29 is 8.42 Å². The van der Waals surface area contributed by atoms with Crippen LogP contribution in [0, 0.1) is 6.92 Å². The highest BCUT2D eigenvalue weighted by molar-refractivity contribution is 8.93. The van der Waals surface area contributed by atoms with Gasteiger partial charge in [-0.2, -0.15) is 4.31 Å². The second-order valence-electron chi connectivity index (χ2n) is 7.05. The van der Waals surface area contributed by atoms with Gasteiger partial charge in [0.05, 0.1) is 16.3 Å². The van der Waals surface area contributed by atoms with Gasteiger partial charge >= 0.3 is 0 Å². The van der Waals surface area contributed by atoms with Crippen molar-refractivity contribution in [3.8, 4) is 11.3 Å². The number of benzene rings is 2. The summed E-state index contributed by atoms with van der Waals surface area (Å²) in [5.41, 5.74) is 4.12. The number of nitrogens with zero attached hydrogens (tertiary/aromatic N) is 3. The third kappa shape index (κ3) is 4.55. The molecule has 1 saturated heterocycles. The minimum absolute atomic E-state index is 0. The largest absolute Gasteiger partial charge is 0.320 e. The molecular formula is C21H24BrN3O2S2. The van der Waals surface area contributed by atoms with Crippen LogP contribution < -0.4 is 4.80 Å². The van der Waals surface area contributed by atoms with Gasteiger partial charge in [-0.1, -0.05) is 29.8 Å². The van der Waals surface area contributed by atoms with Gasteiger partial charge in [-0.05, 0) is 49.6 Å². The lowest BCUT2D eigenvalue weighted by Gasteiger charge is -2.15. The van der Waals surface area contributed by atoms with Gasteiger partial charge in [-0.25, -0.2) is 13.4 Å². The third-order valence-corrected chi connectivity index (χ3v) is 7.87. The molecular weight excluding hydrogens is 470 g/mol. The Balaban J connectivity index is 0.00000240. The summed E-state index contributed by atoms with van der Waals surface area (Å²) in [5, 5.41) is 2.05. The summed E-state index contributed by atoms with van der Waals surface area (Å²) in [7, 11) is -1.40. The Kier molecular flexibility index (Phi) is 6.78. The Morgan fingerprint density at radius 2 is 1.59 bits per heavy atom. The number of thiazole rings is 1. The van der Waals surface area contributed by atoms with Gasteiger partial charge in [0, 0.05) is 25.5 Å². The van der Waals surface area contributed by atoms with Gasteiger partial charge in [0.2, 0.25) is 10.0 Å². The van der Waals surface area contributed by atoms with Crippen LogP contribution in [-0.4, -0.2) is 30.4 Å². The fourth-order valence-corrected chi connectivity index (χ4v) is 5.78. The van der Waals surface area contributed by atoms with Crippen molar-refractivity contribution in [2.75, 3.05) is 13.1 Å². The van der Waals surface area contributed by atoms with Crippen molar-refractivity contribution in [1.82, 2.24) is 8.87 Å². The first kappa shape index (κ1) is 22.0. The molecule has 0 atom stereocenters. The molecule has 0 unspecified atom stereocenters. The van der Waals surface area contributed by atoms with Crippen molar-refractivity contribution >= 4 is 44.0 Å². The first-order chi connectivity index (χ1) is 13.4. The maximum absolute atomic E-state index is 12.7. The predicted octanol–water partition coefficient (Wildman–Crippen LogP) is 4.66. The van der Waals surface area contributed by atoms with Gasteiger partial charge in [0.15, 0.2) is 4.80 Å². The standard InChI is InChI=1S/C21H23N3O2S2.BrH/c1-16-5-9-18(10-6-16)22-21-23(2)20(15-27-21)17-7-11-19(12-8-17)28(25,26)24-13-3-4-14-24;/h5-12,15H,3-4,13-14H2,1-2H3;1H. The average molecular weight is 494 g/mol. The highest BCUT2D eigenvalue weighted by Crippen LogP contribution is 2.25. The van der Waals surface area contributed by atoms with Gasteiger partial charge in [0.1, 0.15) is 0 Å². The van der Waals surface area contributed by atoms with E-state index >= 15 is 0 Å². The first-order valence-corrected chi connectivity index (χ1v) is 11.6. The number of hydrogen-bond donors (Lipinski definition) is 0. The molecule has 0 saturated carbocycles. The van der Waals surface area contributed by atoms with Gasteiger partial charge in [-0.3, -0.25) is 0 Å². The van der Waals surface area contributed by atoms with E-state index in [1.807, 2.05) is 48.0 Å². The Morgan fingerprint density at radius 1 is 0.966 bits per heavy atom. The smallest absolute Gasteiger partial charge is 0.243 e. The zero-order valence-corrected chi connectivity index (χ0v) is 19.8. The van der Waals surface area contributed by atoms with E-state index in [-0.39, 0.29) is 17.0 Å². The molecule has 0 aliphatic carbocycles. The molecule has 0 radical (unpaired) electrons. The number of aromatic nitrogens is 1. The molecule has 0 bridgehead atoms. The molecule has 5 nitrogen and oxygen atoms in total. The van der Waals surface area contributed by atoms with Crippen LogP contribution in [0.5, 0.6) is 0 Å². The van der Waals surface area contributed by atoms with Crippen LogP contribution in [0.2, 0.25) is 0 Å². The molecule has 2 heterocycles. The van der Waals surface area contributed by atoms with Gasteiger partial charge in [-0.15, -0.1) is 28.3 Å². The molecule has 2 aromatic carbocycles. The Labute approximate surface area is 186 Å². The Bertz CT molecular complexity index is 1140. The zero-order valence-electron chi connectivity index (χ0n) is 16.4. The molecule has 0 amide bonds. The molecule has 1 fully saturated rings. The molecule has 1 aromatic heterocycles. The highest BCUT2D eigenvalue weighted by Gasteiger charge is 2.27. The number of halogens is 1. The van der Waals surface area contributed by atoms with Crippen molar-refractivity contribution in [3.05, 3.63) is 64.3 Å². The SMILES string of the molecule is Br.Cc1ccc(N=c2scc(-c3ccc(S(=O)(=O)N4CCCC4)cc3)n2C)cc1. The second-order valence-corrected chi connectivity index (χ2v) is 9.82. The molecule has 0 N–H and O–H groups in total. The molecule has 8 heteroatoms. The number of hydrogen-bond acceptors (Lipinski definition) is 4. The topological polar surface area (TPSA) is 54.7 Å². The van der Waals surface area contributed by atoms with Crippen LogP contribution in [0.25, 0.3) is 11.3 Å². The summed E-state index contributed by atoms with van der Waals surface area (Å²) in [4.78, 5) is 5.97. The number of rotatable bonds is 4. The van der Waals surface area contributed by atoms with Crippen molar-refractivity contribution in [2.45, 2.75) is 24.7 Å². The van der Waals surface area contributed by atoms with E-state index in [0.717, 1.165) is 34.6 Å². The molecule has 0 spiro atoms. The molecule has 1 aliphatic heterocycles. The van der Waals surface area contributed by atoms with Crippen LogP contribution in [0.1, 0.15) is 18.4 Å². The minimum Gasteiger partial charge on any atom is -0.320 e. The van der Waals surface area contributed by atoms with Crippen LogP contribution in [0.15, 0.2) is 63.8 Å². The van der Waals surface area contributed by atoms with E-state index in [1.54, 1.807) is 27.8 Å². The molecule has 4 rings (SSSR count). The summed E-state index contributed by atoms with van der Waals surface area (Å²) < 4.78 is 29.0. The monoisotopic (exact) mass is 493 g/mol. The van der Waals surface area contributed by atoms with E-state index < -0.39 is 10.0 Å². The number of sulfonamides is 1. The maximum Gasteiger partial charge on any atom is 0.243 e. The quantitative estimate of drug-likeness (QED) is 0.530. The van der Waals surface area contributed by atoms with E-state index in [1.165, 1.54) is 5.56 Å². The highest BCUT2D eigenvalue weighted by atomic mass is 79.9. The molecule has 29 heavy (non-hydrogen) atoms. The van der Waals surface area contributed by atoms with Crippen LogP contribution >= 0.6 is 28.3 Å². The molecule has 1 aliphatic rings. The van der Waals surface area contributed by atoms with E-state index in [2.05, 4.69) is 12.3 Å². The lowest BCUT2D eigenvalue weighted by molar-refractivity contribution is 0.477. The average Bonchev–Trinajstić information content (AvgIpc) is 3.35. The van der Waals surface area contributed by atoms with Crippen molar-refractivity contribution in [1.29, 1.82) is 0 Å². The van der Waals surface area contributed by atoms with Crippen LogP contribution in [0.4, 0.5) is 5.69 Å². The summed E-state index contributed by atoms with van der Waals surface area (Å²) in [6.45, 7) is 3.29. The minimum atomic E-state index is -3.38. The van der Waals surface area contributed by atoms with E-state index in [4.69, 9.17) is 4.99 Å². The molecule has 3 aromatic rings. The lowest BCUT2D eigenvalue weighted by Crippen LogP contribution is -2.27. The number of aryl methyl sites for hydroxylation is 1. The Hall–Kier alpha value is -1.74. The third-order valence-electron chi connectivity index (χ3n) is 5.04. The van der Waals surface area contributed by atoms with Crippen LogP contribution in [0.3, 0.4) is 0 Å². The van der Waals surface area contributed by atoms with Crippen molar-refractivity contribution in [3.63, 3.8) is 0 Å². The molecule has 154 valence electrons. The first-order valence-electron chi connectivity index (χ1n) is 9.32. The van der Waals surface area contributed by atoms with Crippen molar-refractivity contribution in [2.24, 2.45) is 12.0 Å². The van der Waals surface area contributed by atoms with E-state index in [0.29, 0.717) is 18.0 Å². The Morgan fingerprint density at radius 3 is 2.21 bits per heavy atom. The van der Waals surface area contributed by atoms with Gasteiger partial charge < -0.3 is 4.57 Å². The second kappa shape index (κ2) is 8.95. The normalized spacial score (nSPS) is 15.4. The lowest BCUT2D eigenvalue weighted by atomic mass is 10.2. The summed E-state index contributed by atoms with van der Waals surface area (Å²) in [6.07, 6.45) is 1.88. The van der Waals surface area contributed by atoms with E-state index in [9.17, 15) is 8.42 Å².